The van der Waals surface area contributed by atoms with Crippen LogP contribution in [0, 0.1) is 6.92 Å². The van der Waals surface area contributed by atoms with Gasteiger partial charge in [0.25, 0.3) is 0 Å². The van der Waals surface area contributed by atoms with E-state index in [2.05, 4.69) is 6.92 Å². The molecule has 0 spiro atoms. The Bertz CT molecular complexity index is 279. The molecule has 1 rings (SSSR count). The molecular formula is C10H11NaO3. The Balaban J connectivity index is 0. The summed E-state index contributed by atoms with van der Waals surface area (Å²) in [6, 6.07) is 8.30. The van der Waals surface area contributed by atoms with Crippen molar-refractivity contribution < 1.29 is 44.3 Å². The Kier molecular flexibility index (Phi) is 9.88. The van der Waals surface area contributed by atoms with Gasteiger partial charge < -0.3 is 16.8 Å². The maximum atomic E-state index is 10.2. The van der Waals surface area contributed by atoms with Gasteiger partial charge in [0.05, 0.1) is 5.56 Å². The fourth-order valence-electron chi connectivity index (χ4n) is 0.581. The van der Waals surface area contributed by atoms with Gasteiger partial charge >= 0.3 is 35.5 Å². The van der Waals surface area contributed by atoms with Gasteiger partial charge in [-0.15, -0.1) is 0 Å². The first-order valence-electron chi connectivity index (χ1n) is 3.65. The number of carboxylic acids is 1. The normalized spacial score (nSPS) is 7.50. The van der Waals surface area contributed by atoms with E-state index in [0.29, 0.717) is 5.56 Å². The molecule has 0 heterocycles. The van der Waals surface area contributed by atoms with Crippen LogP contribution < -0.4 is 29.6 Å². The third-order valence-electron chi connectivity index (χ3n) is 1.02. The van der Waals surface area contributed by atoms with E-state index in [4.69, 9.17) is 5.11 Å². The molecule has 0 saturated carbocycles. The third-order valence-corrected chi connectivity index (χ3v) is 1.02. The monoisotopic (exact) mass is 202 g/mol. The molecule has 0 amide bonds. The minimum atomic E-state index is -0.879. The second kappa shape index (κ2) is 8.81. The Morgan fingerprint density at radius 2 is 1.57 bits per heavy atom. The summed E-state index contributed by atoms with van der Waals surface area (Å²) in [5, 5.41) is 8.38. The van der Waals surface area contributed by atoms with Gasteiger partial charge in [0, 0.05) is 0 Å². The summed E-state index contributed by atoms with van der Waals surface area (Å²) >= 11 is 0. The molecule has 0 aliphatic carbocycles. The van der Waals surface area contributed by atoms with Crippen molar-refractivity contribution >= 4 is 11.8 Å². The van der Waals surface area contributed by atoms with Crippen LogP contribution in [0.4, 0.5) is 0 Å². The number of ketones is 1. The van der Waals surface area contributed by atoms with E-state index in [9.17, 15) is 9.59 Å². The zero-order valence-electron chi connectivity index (χ0n) is 8.36. The second-order valence-electron chi connectivity index (χ2n) is 2.37. The number of aromatic carboxylic acids is 1. The predicted octanol–water partition coefficient (Wildman–Crippen LogP) is -1.20. The van der Waals surface area contributed by atoms with Gasteiger partial charge in [-0.05, 0) is 24.8 Å². The van der Waals surface area contributed by atoms with E-state index >= 15 is 0 Å². The van der Waals surface area contributed by atoms with Crippen LogP contribution in [0.1, 0.15) is 17.3 Å². The summed E-state index contributed by atoms with van der Waals surface area (Å²) in [6.07, 6.45) is 0. The van der Waals surface area contributed by atoms with Gasteiger partial charge in [-0.1, -0.05) is 18.2 Å². The van der Waals surface area contributed by atoms with Crippen LogP contribution in [0.5, 0.6) is 0 Å². The Hall–Kier alpha value is -0.770. The molecule has 0 radical (unpaired) electrons. The molecule has 0 unspecified atom stereocenters. The molecule has 3 nitrogen and oxygen atoms in total. The van der Waals surface area contributed by atoms with Crippen molar-refractivity contribution in [2.24, 2.45) is 0 Å². The van der Waals surface area contributed by atoms with Crippen molar-refractivity contribution in [2.75, 3.05) is 0 Å². The summed E-state index contributed by atoms with van der Waals surface area (Å²) < 4.78 is 0. The van der Waals surface area contributed by atoms with Gasteiger partial charge in [0.1, 0.15) is 0 Å². The maximum absolute atomic E-state index is 10.2. The largest absolute Gasteiger partial charge is 1.00 e. The van der Waals surface area contributed by atoms with Crippen LogP contribution in [-0.4, -0.2) is 16.9 Å². The standard InChI is InChI=1S/C7H6O2.C3H5O.Na/c8-7(9)6-4-2-1-3-5-6;1-3(2)4;/h1-5H,(H,8,9);1H2,2H3;/q;-1;+1. The fourth-order valence-corrected chi connectivity index (χ4v) is 0.581. The van der Waals surface area contributed by atoms with Crippen molar-refractivity contribution in [3.63, 3.8) is 0 Å². The Morgan fingerprint density at radius 3 is 1.79 bits per heavy atom. The minimum absolute atomic E-state index is 0. The molecular weight excluding hydrogens is 191 g/mol. The number of carbonyl (C=O) groups is 2. The van der Waals surface area contributed by atoms with Crippen molar-refractivity contribution in [2.45, 2.75) is 6.92 Å². The molecule has 0 fully saturated rings. The SMILES string of the molecule is O=C(O)c1ccccc1.[CH2-]C(C)=O.[Na+]. The number of carboxylic acid groups (broad SMARTS) is 1. The summed E-state index contributed by atoms with van der Waals surface area (Å²) in [7, 11) is 0. The summed E-state index contributed by atoms with van der Waals surface area (Å²) in [4.78, 5) is 19.5. The van der Waals surface area contributed by atoms with Crippen LogP contribution in [0.2, 0.25) is 0 Å². The average molecular weight is 202 g/mol. The maximum Gasteiger partial charge on any atom is 1.00 e. The molecule has 1 aromatic rings. The minimum Gasteiger partial charge on any atom is -0.478 e. The summed E-state index contributed by atoms with van der Waals surface area (Å²) in [5.74, 6) is -0.962. The number of hydrogen-bond acceptors (Lipinski definition) is 2. The molecule has 0 aliphatic rings. The van der Waals surface area contributed by atoms with Crippen molar-refractivity contribution in [3.8, 4) is 0 Å². The van der Waals surface area contributed by atoms with Gasteiger partial charge in [0.2, 0.25) is 0 Å². The van der Waals surface area contributed by atoms with E-state index in [1.54, 1.807) is 30.3 Å². The van der Waals surface area contributed by atoms with Crippen molar-refractivity contribution in [1.82, 2.24) is 0 Å². The van der Waals surface area contributed by atoms with Gasteiger partial charge in [-0.25, -0.2) is 4.79 Å². The van der Waals surface area contributed by atoms with E-state index < -0.39 is 5.97 Å². The first kappa shape index (κ1) is 15.7. The fraction of sp³-hybridized carbons (Fsp3) is 0.100. The topological polar surface area (TPSA) is 54.4 Å². The van der Waals surface area contributed by atoms with Crippen LogP contribution in [0.15, 0.2) is 30.3 Å². The first-order valence-corrected chi connectivity index (χ1v) is 3.65. The quantitative estimate of drug-likeness (QED) is 0.459. The third kappa shape index (κ3) is 9.32. The predicted molar refractivity (Wildman–Crippen MR) is 49.4 cm³/mol. The van der Waals surface area contributed by atoms with E-state index in [-0.39, 0.29) is 35.3 Å². The van der Waals surface area contributed by atoms with Crippen LogP contribution in [0.3, 0.4) is 0 Å². The number of carbonyl (C=O) groups excluding carboxylic acids is 1. The van der Waals surface area contributed by atoms with Crippen LogP contribution in [-0.2, 0) is 4.79 Å². The van der Waals surface area contributed by atoms with E-state index in [0.717, 1.165) is 0 Å². The van der Waals surface area contributed by atoms with Crippen molar-refractivity contribution in [1.29, 1.82) is 0 Å². The molecule has 14 heavy (non-hydrogen) atoms. The van der Waals surface area contributed by atoms with Crippen LogP contribution in [0.25, 0.3) is 0 Å². The van der Waals surface area contributed by atoms with Gasteiger partial charge in [-0.3, -0.25) is 0 Å². The van der Waals surface area contributed by atoms with E-state index in [1.165, 1.54) is 6.92 Å². The first-order chi connectivity index (χ1) is 6.04. The van der Waals surface area contributed by atoms with Gasteiger partial charge in [0.15, 0.2) is 0 Å². The number of benzene rings is 1. The smallest absolute Gasteiger partial charge is 0.478 e. The number of hydrogen-bond donors (Lipinski definition) is 1. The summed E-state index contributed by atoms with van der Waals surface area (Å²) in [6.45, 7) is 4.42. The zero-order valence-corrected chi connectivity index (χ0v) is 10.4. The van der Waals surface area contributed by atoms with Crippen LogP contribution >= 0.6 is 0 Å². The number of Topliss-reactive ketones (excluding diaryl/α,β-unsaturated/α-hetero) is 1. The molecule has 70 valence electrons. The Labute approximate surface area is 105 Å². The molecule has 1 aromatic carbocycles. The van der Waals surface area contributed by atoms with E-state index in [1.807, 2.05) is 0 Å². The molecule has 0 aliphatic heterocycles. The molecule has 0 aromatic heterocycles. The van der Waals surface area contributed by atoms with Gasteiger partial charge in [-0.2, -0.15) is 0 Å². The second-order valence-corrected chi connectivity index (χ2v) is 2.37. The average Bonchev–Trinajstić information content (AvgIpc) is 2.05. The zero-order chi connectivity index (χ0) is 10.3. The summed E-state index contributed by atoms with van der Waals surface area (Å²) in [5.41, 5.74) is 0.331. The molecule has 4 heteroatoms. The molecule has 0 atom stereocenters. The molecule has 1 N–H and O–H groups in total. The van der Waals surface area contributed by atoms with Crippen molar-refractivity contribution in [3.05, 3.63) is 42.8 Å². The molecule has 0 bridgehead atoms. The Morgan fingerprint density at radius 1 is 1.21 bits per heavy atom. The number of rotatable bonds is 1. The molecule has 0 saturated heterocycles.